The van der Waals surface area contributed by atoms with Gasteiger partial charge in [-0.15, -0.1) is 35.3 Å². The molecule has 0 saturated heterocycles. The molecule has 0 aliphatic carbocycles. The van der Waals surface area contributed by atoms with E-state index in [4.69, 9.17) is 0 Å². The van der Waals surface area contributed by atoms with Crippen LogP contribution in [0, 0.1) is 0 Å². The molecule has 0 aliphatic heterocycles. The van der Waals surface area contributed by atoms with Crippen LogP contribution < -0.4 is 5.32 Å². The van der Waals surface area contributed by atoms with E-state index in [1.807, 2.05) is 41.9 Å². The lowest BCUT2D eigenvalue weighted by molar-refractivity contribution is -0.140. The van der Waals surface area contributed by atoms with E-state index in [0.29, 0.717) is 17.5 Å². The van der Waals surface area contributed by atoms with Crippen molar-refractivity contribution in [3.8, 4) is 0 Å². The summed E-state index contributed by atoms with van der Waals surface area (Å²) in [5, 5.41) is 4.42. The number of alkyl halides is 3. The van der Waals surface area contributed by atoms with Gasteiger partial charge in [-0.2, -0.15) is 13.2 Å². The predicted molar refractivity (Wildman–Crippen MR) is 99.6 cm³/mol. The van der Waals surface area contributed by atoms with Crippen molar-refractivity contribution >= 4 is 41.3 Å². The summed E-state index contributed by atoms with van der Waals surface area (Å²) < 4.78 is 39.6. The summed E-state index contributed by atoms with van der Waals surface area (Å²) in [5.74, 6) is 0.593. The molecule has 0 aliphatic rings. The number of aliphatic imine (C=N–C) groups is 1. The molecule has 0 bridgehead atoms. The second-order valence-corrected chi connectivity index (χ2v) is 5.93. The van der Waals surface area contributed by atoms with Crippen molar-refractivity contribution in [1.29, 1.82) is 0 Å². The third-order valence-corrected chi connectivity index (χ3v) is 4.11. The summed E-state index contributed by atoms with van der Waals surface area (Å²) in [6, 6.07) is 3.95. The quantitative estimate of drug-likeness (QED) is 0.421. The monoisotopic (exact) mass is 473 g/mol. The van der Waals surface area contributed by atoms with E-state index in [0.717, 1.165) is 22.4 Å². The topological polar surface area (TPSA) is 45.5 Å². The minimum Gasteiger partial charge on any atom is -0.353 e. The van der Waals surface area contributed by atoms with E-state index in [1.165, 1.54) is 0 Å². The Balaban J connectivity index is 0.00000288. The fourth-order valence-electron chi connectivity index (χ4n) is 2.04. The minimum absolute atomic E-state index is 0. The number of guanidine groups is 1. The summed E-state index contributed by atoms with van der Waals surface area (Å²) >= 11 is 0.977. The fraction of sp³-hybridized carbons (Fsp3) is 0.429. The normalized spacial score (nSPS) is 12.0. The molecule has 0 fully saturated rings. The van der Waals surface area contributed by atoms with E-state index in [2.05, 4.69) is 15.3 Å². The number of thiazole rings is 1. The second kappa shape index (κ2) is 8.70. The van der Waals surface area contributed by atoms with Gasteiger partial charge in [-0.1, -0.05) is 0 Å². The van der Waals surface area contributed by atoms with Gasteiger partial charge in [0.25, 0.3) is 0 Å². The standard InChI is InChI=1S/C14H18F3N5S.HI/c1-18-13(22(3)8-10-5-4-6-21(10)2)19-7-12-20-11(9-23-12)14(15,16)17;/h4-6,9H,7-8H2,1-3H3,(H,18,19);1H. The number of hydrogen-bond donors (Lipinski definition) is 1. The van der Waals surface area contributed by atoms with Crippen LogP contribution in [-0.2, 0) is 26.3 Å². The van der Waals surface area contributed by atoms with Gasteiger partial charge >= 0.3 is 6.18 Å². The lowest BCUT2D eigenvalue weighted by atomic mass is 10.4. The number of nitrogens with zero attached hydrogens (tertiary/aromatic N) is 4. The zero-order valence-electron chi connectivity index (χ0n) is 13.5. The summed E-state index contributed by atoms with van der Waals surface area (Å²) in [6.07, 6.45) is -2.45. The van der Waals surface area contributed by atoms with Crippen LogP contribution in [0.3, 0.4) is 0 Å². The summed E-state index contributed by atoms with van der Waals surface area (Å²) in [4.78, 5) is 9.63. The zero-order valence-corrected chi connectivity index (χ0v) is 16.6. The van der Waals surface area contributed by atoms with Gasteiger partial charge in [0.1, 0.15) is 5.01 Å². The van der Waals surface area contributed by atoms with Crippen LogP contribution in [-0.4, -0.2) is 34.5 Å². The Hall–Kier alpha value is -1.30. The molecule has 0 saturated carbocycles. The zero-order chi connectivity index (χ0) is 17.0. The smallest absolute Gasteiger partial charge is 0.353 e. The van der Waals surface area contributed by atoms with Gasteiger partial charge in [0, 0.05) is 38.4 Å². The molecule has 10 heteroatoms. The Bertz CT molecular complexity index is 680. The predicted octanol–water partition coefficient (Wildman–Crippen LogP) is 3.33. The van der Waals surface area contributed by atoms with Gasteiger partial charge in [-0.05, 0) is 12.1 Å². The third-order valence-electron chi connectivity index (χ3n) is 3.26. The Morgan fingerprint density at radius 2 is 2.17 bits per heavy atom. The van der Waals surface area contributed by atoms with E-state index in [9.17, 15) is 13.2 Å². The maximum atomic E-state index is 12.5. The van der Waals surface area contributed by atoms with Crippen molar-refractivity contribution in [2.24, 2.45) is 12.0 Å². The molecule has 0 radical (unpaired) electrons. The highest BCUT2D eigenvalue weighted by atomic mass is 127. The number of hydrogen-bond acceptors (Lipinski definition) is 3. The van der Waals surface area contributed by atoms with Gasteiger partial charge in [-0.25, -0.2) is 4.98 Å². The van der Waals surface area contributed by atoms with Crippen molar-refractivity contribution in [1.82, 2.24) is 19.8 Å². The van der Waals surface area contributed by atoms with Crippen LogP contribution in [0.25, 0.3) is 0 Å². The van der Waals surface area contributed by atoms with Crippen LogP contribution >= 0.6 is 35.3 Å². The van der Waals surface area contributed by atoms with Gasteiger partial charge in [0.2, 0.25) is 0 Å². The third kappa shape index (κ3) is 5.36. The second-order valence-electron chi connectivity index (χ2n) is 4.99. The number of nitrogens with one attached hydrogen (secondary N) is 1. The Morgan fingerprint density at radius 1 is 1.46 bits per heavy atom. The maximum Gasteiger partial charge on any atom is 0.434 e. The van der Waals surface area contributed by atoms with E-state index in [1.54, 1.807) is 7.05 Å². The van der Waals surface area contributed by atoms with Gasteiger partial charge in [0.15, 0.2) is 11.7 Å². The highest BCUT2D eigenvalue weighted by molar-refractivity contribution is 14.0. The number of aromatic nitrogens is 2. The first-order valence-electron chi connectivity index (χ1n) is 6.85. The molecular formula is C14H19F3IN5S. The van der Waals surface area contributed by atoms with E-state index in [-0.39, 0.29) is 30.5 Å². The molecule has 24 heavy (non-hydrogen) atoms. The molecule has 134 valence electrons. The summed E-state index contributed by atoms with van der Waals surface area (Å²) in [5.41, 5.74) is 0.246. The molecule has 1 N–H and O–H groups in total. The first-order chi connectivity index (χ1) is 10.8. The van der Waals surface area contributed by atoms with E-state index < -0.39 is 11.9 Å². The summed E-state index contributed by atoms with van der Waals surface area (Å²) in [7, 11) is 5.45. The SMILES string of the molecule is CN=C(NCc1nc(C(F)(F)F)cs1)N(C)Cc1cccn1C.I. The van der Waals surface area contributed by atoms with Crippen LogP contribution in [0.4, 0.5) is 13.2 Å². The molecule has 0 atom stereocenters. The number of halogens is 4. The minimum atomic E-state index is -4.40. The molecule has 2 rings (SSSR count). The highest BCUT2D eigenvalue weighted by Gasteiger charge is 2.33. The molecular weight excluding hydrogens is 454 g/mol. The molecule has 2 aromatic heterocycles. The van der Waals surface area contributed by atoms with Crippen molar-refractivity contribution in [3.63, 3.8) is 0 Å². The lowest BCUT2D eigenvalue weighted by Crippen LogP contribution is -2.38. The lowest BCUT2D eigenvalue weighted by Gasteiger charge is -2.22. The van der Waals surface area contributed by atoms with E-state index >= 15 is 0 Å². The van der Waals surface area contributed by atoms with Gasteiger partial charge in [0.05, 0.1) is 13.1 Å². The maximum absolute atomic E-state index is 12.5. The number of aryl methyl sites for hydroxylation is 1. The van der Waals surface area contributed by atoms with Crippen LogP contribution in [0.1, 0.15) is 16.4 Å². The van der Waals surface area contributed by atoms with Crippen LogP contribution in [0.15, 0.2) is 28.7 Å². The van der Waals surface area contributed by atoms with Crippen molar-refractivity contribution in [2.45, 2.75) is 19.3 Å². The Morgan fingerprint density at radius 3 is 2.67 bits per heavy atom. The molecule has 0 spiro atoms. The average molecular weight is 473 g/mol. The first kappa shape index (κ1) is 20.7. The first-order valence-corrected chi connectivity index (χ1v) is 7.73. The fourth-order valence-corrected chi connectivity index (χ4v) is 2.78. The van der Waals surface area contributed by atoms with Crippen LogP contribution in [0.5, 0.6) is 0 Å². The Kier molecular flexibility index (Phi) is 7.52. The molecule has 0 aromatic carbocycles. The summed E-state index contributed by atoms with van der Waals surface area (Å²) in [6.45, 7) is 0.833. The molecule has 0 amide bonds. The van der Waals surface area contributed by atoms with Gasteiger partial charge < -0.3 is 14.8 Å². The molecule has 0 unspecified atom stereocenters. The van der Waals surface area contributed by atoms with Gasteiger partial charge in [-0.3, -0.25) is 4.99 Å². The largest absolute Gasteiger partial charge is 0.434 e. The molecule has 2 aromatic rings. The average Bonchev–Trinajstić information content (AvgIpc) is 3.09. The highest BCUT2D eigenvalue weighted by Crippen LogP contribution is 2.29. The van der Waals surface area contributed by atoms with Crippen molar-refractivity contribution in [2.75, 3.05) is 14.1 Å². The van der Waals surface area contributed by atoms with Crippen molar-refractivity contribution < 1.29 is 13.2 Å². The van der Waals surface area contributed by atoms with Crippen molar-refractivity contribution in [3.05, 3.63) is 40.1 Å². The molecule has 2 heterocycles. The molecule has 5 nitrogen and oxygen atoms in total. The van der Waals surface area contributed by atoms with Crippen LogP contribution in [0.2, 0.25) is 0 Å². The number of rotatable bonds is 4. The Labute approximate surface area is 159 Å².